The summed E-state index contributed by atoms with van der Waals surface area (Å²) in [6.07, 6.45) is 8.13. The van der Waals surface area contributed by atoms with E-state index in [9.17, 15) is 9.59 Å². The highest BCUT2D eigenvalue weighted by atomic mass is 16.3. The molecule has 3 fully saturated rings. The molecule has 1 aromatic heterocycles. The highest BCUT2D eigenvalue weighted by Crippen LogP contribution is 2.42. The third-order valence-corrected chi connectivity index (χ3v) is 5.93. The van der Waals surface area contributed by atoms with E-state index >= 15 is 0 Å². The minimum Gasteiger partial charge on any atom is -0.447 e. The molecule has 0 spiro atoms. The number of amides is 2. The summed E-state index contributed by atoms with van der Waals surface area (Å²) in [5.74, 6) is 1.85. The van der Waals surface area contributed by atoms with Gasteiger partial charge >= 0.3 is 0 Å². The van der Waals surface area contributed by atoms with Gasteiger partial charge in [0.1, 0.15) is 5.76 Å². The van der Waals surface area contributed by atoms with E-state index in [1.807, 2.05) is 4.90 Å². The second-order valence-electron chi connectivity index (χ2n) is 7.69. The van der Waals surface area contributed by atoms with Gasteiger partial charge in [-0.15, -0.1) is 0 Å². The Bertz CT molecular complexity index is 652. The number of fused-ring (bicyclic) bond motifs is 1. The highest BCUT2D eigenvalue weighted by Gasteiger charge is 2.41. The molecule has 1 aromatic rings. The molecule has 25 heavy (non-hydrogen) atoms. The maximum Gasteiger partial charge on any atom is 0.276 e. The number of carbonyl (C=O) groups is 2. The Labute approximate surface area is 148 Å². The number of likely N-dealkylation sites (tertiary alicyclic amines) is 2. The van der Waals surface area contributed by atoms with Gasteiger partial charge in [0.05, 0.1) is 0 Å². The third-order valence-electron chi connectivity index (χ3n) is 5.93. The van der Waals surface area contributed by atoms with Crippen molar-refractivity contribution >= 4 is 11.8 Å². The molecule has 3 aliphatic rings. The van der Waals surface area contributed by atoms with Gasteiger partial charge in [0.25, 0.3) is 5.91 Å². The number of aromatic nitrogens is 1. The normalized spacial score (nSPS) is 26.7. The first kappa shape index (κ1) is 16.6. The van der Waals surface area contributed by atoms with Crippen LogP contribution in [-0.4, -0.2) is 52.3 Å². The molecule has 2 saturated heterocycles. The lowest BCUT2D eigenvalue weighted by Gasteiger charge is -2.47. The summed E-state index contributed by atoms with van der Waals surface area (Å²) in [5.41, 5.74) is 0.510. The average Bonchev–Trinajstić information content (AvgIpc) is 3.36. The Morgan fingerprint density at radius 3 is 2.92 bits per heavy atom. The summed E-state index contributed by atoms with van der Waals surface area (Å²) in [5, 5.41) is 0. The molecular formula is C19H27N3O3. The minimum absolute atomic E-state index is 0.00566. The van der Waals surface area contributed by atoms with Gasteiger partial charge in [-0.05, 0) is 38.0 Å². The van der Waals surface area contributed by atoms with E-state index in [0.717, 1.165) is 57.4 Å². The summed E-state index contributed by atoms with van der Waals surface area (Å²) in [6.45, 7) is 4.45. The van der Waals surface area contributed by atoms with Crippen molar-refractivity contribution in [2.24, 2.45) is 5.92 Å². The highest BCUT2D eigenvalue weighted by molar-refractivity contribution is 5.93. The summed E-state index contributed by atoms with van der Waals surface area (Å²) >= 11 is 0. The Morgan fingerprint density at radius 2 is 2.16 bits per heavy atom. The zero-order valence-corrected chi connectivity index (χ0v) is 14.9. The van der Waals surface area contributed by atoms with E-state index in [1.54, 1.807) is 0 Å². The molecule has 6 nitrogen and oxygen atoms in total. The van der Waals surface area contributed by atoms with Crippen molar-refractivity contribution in [3.05, 3.63) is 17.8 Å². The van der Waals surface area contributed by atoms with Gasteiger partial charge in [-0.2, -0.15) is 0 Å². The first-order valence-electron chi connectivity index (χ1n) is 9.71. The molecule has 136 valence electrons. The van der Waals surface area contributed by atoms with Gasteiger partial charge in [0.15, 0.2) is 12.1 Å². The summed E-state index contributed by atoms with van der Waals surface area (Å²) in [4.78, 5) is 33.5. The van der Waals surface area contributed by atoms with Crippen LogP contribution in [0.5, 0.6) is 0 Å². The Hall–Kier alpha value is -1.85. The van der Waals surface area contributed by atoms with Gasteiger partial charge in [-0.3, -0.25) is 9.59 Å². The fourth-order valence-corrected chi connectivity index (χ4v) is 4.36. The van der Waals surface area contributed by atoms with Gasteiger partial charge in [0.2, 0.25) is 5.91 Å². The van der Waals surface area contributed by atoms with Crippen LogP contribution in [0.3, 0.4) is 0 Å². The third kappa shape index (κ3) is 3.18. The average molecular weight is 345 g/mol. The van der Waals surface area contributed by atoms with Crippen molar-refractivity contribution in [1.82, 2.24) is 14.8 Å². The summed E-state index contributed by atoms with van der Waals surface area (Å²) in [7, 11) is 0. The van der Waals surface area contributed by atoms with Crippen LogP contribution in [0.4, 0.5) is 0 Å². The molecule has 2 aliphatic heterocycles. The quantitative estimate of drug-likeness (QED) is 0.823. The summed E-state index contributed by atoms with van der Waals surface area (Å²) in [6, 6.07) is 0.303. The monoisotopic (exact) mass is 345 g/mol. The van der Waals surface area contributed by atoms with Gasteiger partial charge in [0, 0.05) is 38.0 Å². The molecule has 6 heteroatoms. The Balaban J connectivity index is 1.44. The number of oxazole rings is 1. The van der Waals surface area contributed by atoms with Gasteiger partial charge in [-0.25, -0.2) is 4.98 Å². The topological polar surface area (TPSA) is 66.7 Å². The smallest absolute Gasteiger partial charge is 0.276 e. The van der Waals surface area contributed by atoms with Crippen LogP contribution in [0.2, 0.25) is 0 Å². The molecule has 1 aliphatic carbocycles. The molecule has 0 aromatic carbocycles. The molecule has 0 radical (unpaired) electrons. The fraction of sp³-hybridized carbons (Fsp3) is 0.737. The SMILES string of the molecule is CCCCN1C(=O)CCC2CN(C(=O)c3ncoc3C3CC3)CCC21. The zero-order chi connectivity index (χ0) is 17.4. The zero-order valence-electron chi connectivity index (χ0n) is 14.9. The van der Waals surface area contributed by atoms with E-state index in [4.69, 9.17) is 4.42 Å². The molecule has 3 heterocycles. The van der Waals surface area contributed by atoms with Gasteiger partial charge < -0.3 is 14.2 Å². The van der Waals surface area contributed by atoms with E-state index in [2.05, 4.69) is 16.8 Å². The minimum atomic E-state index is 0.00566. The van der Waals surface area contributed by atoms with Crippen LogP contribution in [0, 0.1) is 5.92 Å². The van der Waals surface area contributed by atoms with Crippen molar-refractivity contribution in [2.75, 3.05) is 19.6 Å². The first-order valence-corrected chi connectivity index (χ1v) is 9.71. The number of rotatable bonds is 5. The van der Waals surface area contributed by atoms with E-state index < -0.39 is 0 Å². The lowest BCUT2D eigenvalue weighted by molar-refractivity contribution is -0.140. The van der Waals surface area contributed by atoms with Crippen molar-refractivity contribution in [2.45, 2.75) is 63.8 Å². The molecule has 2 atom stereocenters. The van der Waals surface area contributed by atoms with Crippen LogP contribution in [0.25, 0.3) is 0 Å². The maximum absolute atomic E-state index is 12.9. The van der Waals surface area contributed by atoms with Crippen molar-refractivity contribution in [1.29, 1.82) is 0 Å². The van der Waals surface area contributed by atoms with Gasteiger partial charge in [-0.1, -0.05) is 13.3 Å². The van der Waals surface area contributed by atoms with Crippen LogP contribution in [-0.2, 0) is 4.79 Å². The molecule has 2 unspecified atom stereocenters. The first-order chi connectivity index (χ1) is 12.2. The Morgan fingerprint density at radius 1 is 1.32 bits per heavy atom. The second-order valence-corrected chi connectivity index (χ2v) is 7.69. The molecule has 0 bridgehead atoms. The summed E-state index contributed by atoms with van der Waals surface area (Å²) < 4.78 is 5.47. The fourth-order valence-electron chi connectivity index (χ4n) is 4.36. The standard InChI is InChI=1S/C19H27N3O3/c1-2-3-9-22-15-8-10-21(11-14(15)6-7-16(22)23)19(24)17-18(13-4-5-13)25-12-20-17/h12-15H,2-11H2,1H3. The predicted molar refractivity (Wildman–Crippen MR) is 92.1 cm³/mol. The van der Waals surface area contributed by atoms with Crippen molar-refractivity contribution < 1.29 is 14.0 Å². The second kappa shape index (κ2) is 6.81. The van der Waals surface area contributed by atoms with Crippen LogP contribution in [0.15, 0.2) is 10.8 Å². The molecule has 2 amide bonds. The molecular weight excluding hydrogens is 318 g/mol. The van der Waals surface area contributed by atoms with Crippen LogP contribution >= 0.6 is 0 Å². The molecule has 1 saturated carbocycles. The van der Waals surface area contributed by atoms with E-state index in [0.29, 0.717) is 42.4 Å². The van der Waals surface area contributed by atoms with E-state index in [-0.39, 0.29) is 5.91 Å². The lowest BCUT2D eigenvalue weighted by Crippen LogP contribution is -2.57. The number of hydrogen-bond acceptors (Lipinski definition) is 4. The van der Waals surface area contributed by atoms with Crippen LogP contribution < -0.4 is 0 Å². The van der Waals surface area contributed by atoms with Crippen LogP contribution in [0.1, 0.15) is 74.0 Å². The lowest BCUT2D eigenvalue weighted by atomic mass is 9.83. The number of hydrogen-bond donors (Lipinski definition) is 0. The number of carbonyl (C=O) groups excluding carboxylic acids is 2. The maximum atomic E-state index is 12.9. The van der Waals surface area contributed by atoms with E-state index in [1.165, 1.54) is 6.39 Å². The predicted octanol–water partition coefficient (Wildman–Crippen LogP) is 2.81. The van der Waals surface area contributed by atoms with Crippen molar-refractivity contribution in [3.63, 3.8) is 0 Å². The molecule has 4 rings (SSSR count). The largest absolute Gasteiger partial charge is 0.447 e. The number of nitrogens with zero attached hydrogens (tertiary/aromatic N) is 3. The van der Waals surface area contributed by atoms with Crippen molar-refractivity contribution in [3.8, 4) is 0 Å². The molecule has 0 N–H and O–H groups in total. The number of piperidine rings is 2. The Kier molecular flexibility index (Phi) is 4.52. The number of unbranched alkanes of at least 4 members (excludes halogenated alkanes) is 1.